The van der Waals surface area contributed by atoms with Crippen molar-refractivity contribution in [3.63, 3.8) is 0 Å². The van der Waals surface area contributed by atoms with Gasteiger partial charge in [0.2, 0.25) is 5.91 Å². The lowest BCUT2D eigenvalue weighted by Crippen LogP contribution is -2.47. The Labute approximate surface area is 211 Å². The molecule has 4 aromatic rings. The summed E-state index contributed by atoms with van der Waals surface area (Å²) in [5.41, 5.74) is 2.01. The fourth-order valence-corrected chi connectivity index (χ4v) is 4.96. The number of aromatic amines is 1. The molecule has 9 heteroatoms. The highest BCUT2D eigenvalue weighted by Gasteiger charge is 2.45. The number of nitrogens with zero attached hydrogens (tertiary/aromatic N) is 1. The average Bonchev–Trinajstić information content (AvgIpc) is 3.31. The van der Waals surface area contributed by atoms with Gasteiger partial charge in [-0.25, -0.2) is 0 Å². The van der Waals surface area contributed by atoms with Crippen LogP contribution in [0.25, 0.3) is 10.9 Å². The van der Waals surface area contributed by atoms with Gasteiger partial charge in [-0.05, 0) is 42.0 Å². The monoisotopic (exact) mass is 507 g/mol. The average molecular weight is 508 g/mol. The number of carbonyl (C=O) groups excluding carboxylic acids is 2. The summed E-state index contributed by atoms with van der Waals surface area (Å²) in [5, 5.41) is 3.65. The first-order valence-corrected chi connectivity index (χ1v) is 11.7. The van der Waals surface area contributed by atoms with Gasteiger partial charge in [0, 0.05) is 47.6 Å². The van der Waals surface area contributed by atoms with E-state index < -0.39 is 29.6 Å². The number of carbonyl (C=O) groups is 2. The van der Waals surface area contributed by atoms with E-state index in [1.165, 1.54) is 19.2 Å². The highest BCUT2D eigenvalue weighted by Crippen LogP contribution is 2.45. The molecule has 2 atom stereocenters. The molecule has 0 bridgehead atoms. The van der Waals surface area contributed by atoms with E-state index in [1.807, 2.05) is 24.3 Å². The lowest BCUT2D eigenvalue weighted by molar-refractivity contribution is -0.137. The van der Waals surface area contributed by atoms with Gasteiger partial charge in [0.1, 0.15) is 0 Å². The minimum Gasteiger partial charge on any atom is -0.383 e. The number of alkyl halides is 3. The fraction of sp³-hybridized carbons (Fsp3) is 0.214. The number of para-hydroxylation sites is 1. The smallest absolute Gasteiger partial charge is 0.383 e. The number of aromatic nitrogens is 1. The van der Waals surface area contributed by atoms with Crippen LogP contribution in [-0.2, 0) is 15.7 Å². The topological polar surface area (TPSA) is 74.4 Å². The first kappa shape index (κ1) is 24.6. The Kier molecular flexibility index (Phi) is 6.47. The van der Waals surface area contributed by atoms with Crippen molar-refractivity contribution in [2.75, 3.05) is 25.6 Å². The number of fused-ring (bicyclic) bond motifs is 2. The van der Waals surface area contributed by atoms with Crippen LogP contribution in [0.1, 0.15) is 39.0 Å². The minimum atomic E-state index is -4.48. The summed E-state index contributed by atoms with van der Waals surface area (Å²) in [6.45, 7) is 0.512. The van der Waals surface area contributed by atoms with Crippen molar-refractivity contribution in [1.82, 2.24) is 9.88 Å². The first-order chi connectivity index (χ1) is 17.8. The van der Waals surface area contributed by atoms with E-state index in [9.17, 15) is 22.8 Å². The van der Waals surface area contributed by atoms with E-state index in [1.54, 1.807) is 35.4 Å². The molecule has 3 aromatic carbocycles. The molecule has 0 saturated carbocycles. The number of nitrogens with one attached hydrogen (secondary N) is 2. The summed E-state index contributed by atoms with van der Waals surface area (Å²) >= 11 is 0. The first-order valence-electron chi connectivity index (χ1n) is 11.7. The van der Waals surface area contributed by atoms with Crippen molar-refractivity contribution in [1.29, 1.82) is 0 Å². The lowest BCUT2D eigenvalue weighted by atomic mass is 9.79. The number of hydrogen-bond donors (Lipinski definition) is 2. The predicted octanol–water partition coefficient (Wildman–Crippen LogP) is 5.75. The molecule has 2 heterocycles. The van der Waals surface area contributed by atoms with Gasteiger partial charge in [0.05, 0.1) is 24.1 Å². The van der Waals surface area contributed by atoms with Crippen LogP contribution in [-0.4, -0.2) is 42.0 Å². The van der Waals surface area contributed by atoms with Crippen LogP contribution in [0.5, 0.6) is 0 Å². The van der Waals surface area contributed by atoms with Gasteiger partial charge in [-0.15, -0.1) is 0 Å². The minimum absolute atomic E-state index is 0.221. The quantitative estimate of drug-likeness (QED) is 0.349. The molecule has 0 fully saturated rings. The van der Waals surface area contributed by atoms with Crippen molar-refractivity contribution in [2.45, 2.75) is 18.1 Å². The zero-order chi connectivity index (χ0) is 26.2. The highest BCUT2D eigenvalue weighted by atomic mass is 19.4. The number of amides is 2. The normalized spacial score (nSPS) is 17.6. The van der Waals surface area contributed by atoms with Crippen LogP contribution >= 0.6 is 0 Å². The van der Waals surface area contributed by atoms with Gasteiger partial charge in [-0.2, -0.15) is 13.2 Å². The van der Waals surface area contributed by atoms with Crippen molar-refractivity contribution in [2.24, 2.45) is 0 Å². The van der Waals surface area contributed by atoms with Crippen LogP contribution < -0.4 is 5.32 Å². The van der Waals surface area contributed by atoms with E-state index in [-0.39, 0.29) is 24.7 Å². The Morgan fingerprint density at radius 2 is 1.70 bits per heavy atom. The second kappa shape index (κ2) is 9.74. The second-order valence-corrected chi connectivity index (χ2v) is 8.86. The van der Waals surface area contributed by atoms with E-state index in [0.29, 0.717) is 11.1 Å². The van der Waals surface area contributed by atoms with Crippen LogP contribution in [0, 0.1) is 0 Å². The summed E-state index contributed by atoms with van der Waals surface area (Å²) in [4.78, 5) is 32.4. The number of benzene rings is 3. The summed E-state index contributed by atoms with van der Waals surface area (Å²) in [5.74, 6) is -1.48. The van der Waals surface area contributed by atoms with Crippen molar-refractivity contribution < 1.29 is 27.5 Å². The molecular formula is C28H24F3N3O3. The molecule has 2 amide bonds. The van der Waals surface area contributed by atoms with E-state index in [4.69, 9.17) is 4.74 Å². The van der Waals surface area contributed by atoms with Gasteiger partial charge in [-0.3, -0.25) is 9.59 Å². The zero-order valence-electron chi connectivity index (χ0n) is 19.9. The Hall–Kier alpha value is -4.11. The third-order valence-corrected chi connectivity index (χ3v) is 6.68. The molecule has 0 spiro atoms. The largest absolute Gasteiger partial charge is 0.416 e. The van der Waals surface area contributed by atoms with E-state index in [0.717, 1.165) is 28.6 Å². The Morgan fingerprint density at radius 1 is 1.00 bits per heavy atom. The van der Waals surface area contributed by atoms with Gasteiger partial charge in [-0.1, -0.05) is 36.4 Å². The summed E-state index contributed by atoms with van der Waals surface area (Å²) in [7, 11) is 1.54. The van der Waals surface area contributed by atoms with Gasteiger partial charge in [0.25, 0.3) is 5.91 Å². The molecule has 0 unspecified atom stereocenters. The molecule has 0 saturated heterocycles. The number of anilines is 1. The van der Waals surface area contributed by atoms with Gasteiger partial charge in [0.15, 0.2) is 0 Å². The SMILES string of the molecule is COCCN1C(=O)c2ccccc2[C@H](C(=O)Nc2ccc(C(F)(F)F)cc2)[C@@H]1c1c[nH]c2ccccc12. The maximum Gasteiger partial charge on any atom is 0.416 e. The Balaban J connectivity index is 1.61. The molecule has 1 aromatic heterocycles. The molecule has 1 aliphatic rings. The third kappa shape index (κ3) is 4.58. The summed E-state index contributed by atoms with van der Waals surface area (Å²) in [6.07, 6.45) is -2.68. The maximum atomic E-state index is 13.9. The number of halogens is 3. The number of hydrogen-bond acceptors (Lipinski definition) is 3. The van der Waals surface area contributed by atoms with Crippen LogP contribution in [0.3, 0.4) is 0 Å². The predicted molar refractivity (Wildman–Crippen MR) is 133 cm³/mol. The lowest BCUT2D eigenvalue weighted by Gasteiger charge is -2.41. The summed E-state index contributed by atoms with van der Waals surface area (Å²) < 4.78 is 44.3. The highest BCUT2D eigenvalue weighted by molar-refractivity contribution is 6.05. The molecule has 2 N–H and O–H groups in total. The fourth-order valence-electron chi connectivity index (χ4n) is 4.96. The number of H-pyrrole nitrogens is 1. The van der Waals surface area contributed by atoms with Gasteiger partial charge >= 0.3 is 6.18 Å². The van der Waals surface area contributed by atoms with Gasteiger partial charge < -0.3 is 19.9 Å². The van der Waals surface area contributed by atoms with Crippen LogP contribution in [0.4, 0.5) is 18.9 Å². The maximum absolute atomic E-state index is 13.9. The second-order valence-electron chi connectivity index (χ2n) is 8.86. The van der Waals surface area contributed by atoms with E-state index in [2.05, 4.69) is 10.3 Å². The third-order valence-electron chi connectivity index (χ3n) is 6.68. The van der Waals surface area contributed by atoms with Crippen molar-refractivity contribution in [3.05, 3.63) is 101 Å². The van der Waals surface area contributed by atoms with Crippen molar-refractivity contribution >= 4 is 28.4 Å². The molecule has 190 valence electrons. The standard InChI is InChI=1S/C28H24F3N3O3/c1-37-15-14-34-25(22-16-32-23-9-5-4-6-19(22)23)24(20-7-2-3-8-21(20)27(34)36)26(35)33-18-12-10-17(11-13-18)28(29,30)31/h2-13,16,24-25,32H,14-15H2,1H3,(H,33,35)/t24-,25-/m0/s1. The van der Waals surface area contributed by atoms with Crippen molar-refractivity contribution in [3.8, 4) is 0 Å². The van der Waals surface area contributed by atoms with E-state index >= 15 is 0 Å². The molecule has 37 heavy (non-hydrogen) atoms. The van der Waals surface area contributed by atoms with Crippen LogP contribution in [0.2, 0.25) is 0 Å². The summed E-state index contributed by atoms with van der Waals surface area (Å²) in [6, 6.07) is 18.2. The molecule has 1 aliphatic heterocycles. The Morgan fingerprint density at radius 3 is 2.43 bits per heavy atom. The zero-order valence-corrected chi connectivity index (χ0v) is 19.9. The molecule has 6 nitrogen and oxygen atoms in total. The molecule has 0 radical (unpaired) electrons. The molecular weight excluding hydrogens is 483 g/mol. The van der Waals surface area contributed by atoms with Crippen LogP contribution in [0.15, 0.2) is 79.0 Å². The molecule has 0 aliphatic carbocycles. The number of ether oxygens (including phenoxy) is 1. The Bertz CT molecular complexity index is 1450. The number of rotatable bonds is 6. The molecule has 5 rings (SSSR count). The number of methoxy groups -OCH3 is 1.